The third kappa shape index (κ3) is 2.32. The number of carbonyl (C=O) groups is 2. The summed E-state index contributed by atoms with van der Waals surface area (Å²) in [6, 6.07) is 0. The van der Waals surface area contributed by atoms with Crippen LogP contribution in [0.3, 0.4) is 0 Å². The molecule has 3 fully saturated rings. The van der Waals surface area contributed by atoms with E-state index in [-0.39, 0.29) is 17.1 Å². The molecule has 4 rings (SSSR count). The molecular weight excluding hydrogens is 415 g/mol. The maximum atomic E-state index is 12.6. The highest BCUT2D eigenvalue weighted by Gasteiger charge is 2.58. The van der Waals surface area contributed by atoms with Gasteiger partial charge >= 0.3 is 0 Å². The average Bonchev–Trinajstić information content (AvgIpc) is 2.82. The number of hydrogen-bond donors (Lipinski definition) is 1. The largest absolute Gasteiger partial charge is 0.385 e. The number of aliphatic hydroxyl groups is 1. The van der Waals surface area contributed by atoms with E-state index in [1.807, 2.05) is 0 Å². The van der Waals surface area contributed by atoms with Crippen molar-refractivity contribution in [2.24, 2.45) is 23.2 Å². The smallest absolute Gasteiger partial charge is 0.139 e. The molecule has 3 saturated carbocycles. The third-order valence-electron chi connectivity index (χ3n) is 7.29. The third-order valence-corrected chi connectivity index (χ3v) is 7.71. The Morgan fingerprint density at radius 2 is 2.00 bits per heavy atom. The molecule has 1 N–H and O–H groups in total. The number of rotatable bonds is 1. The van der Waals surface area contributed by atoms with Crippen LogP contribution in [0.5, 0.6) is 0 Å². The Morgan fingerprint density at radius 3 is 2.75 bits per heavy atom. The molecule has 4 aliphatic rings. The predicted molar refractivity (Wildman–Crippen MR) is 101 cm³/mol. The first-order valence-electron chi connectivity index (χ1n) is 9.17. The number of allylic oxidation sites excluding steroid dienone is 2. The van der Waals surface area contributed by atoms with E-state index in [0.717, 1.165) is 24.8 Å². The quantitative estimate of drug-likeness (QED) is 0.493. The molecule has 130 valence electrons. The fourth-order valence-electron chi connectivity index (χ4n) is 6.20. The van der Waals surface area contributed by atoms with Crippen molar-refractivity contribution in [3.63, 3.8) is 0 Å². The van der Waals surface area contributed by atoms with Crippen LogP contribution in [0.25, 0.3) is 0 Å². The van der Waals surface area contributed by atoms with Crippen molar-refractivity contribution in [3.8, 4) is 0 Å². The van der Waals surface area contributed by atoms with E-state index in [1.165, 1.54) is 5.57 Å². The standard InChI is InChI=1S/C20H25IO3/c1-19-10-12(7-9-21)18-14(15(19)4-5-17(19)23)6-8-20(24)11-13(22)2-3-16(18)20/h7,9,12,14-15,24H,2-6,8,10-11H2,1H3/b9-7-/t12-,14-,15-,19-,20+/m0/s1. The summed E-state index contributed by atoms with van der Waals surface area (Å²) in [6.45, 7) is 2.17. The molecule has 0 saturated heterocycles. The Balaban J connectivity index is 1.84. The summed E-state index contributed by atoms with van der Waals surface area (Å²) in [6.07, 6.45) is 7.96. The van der Waals surface area contributed by atoms with Crippen molar-refractivity contribution in [2.45, 2.75) is 63.9 Å². The lowest BCUT2D eigenvalue weighted by Gasteiger charge is -2.52. The van der Waals surface area contributed by atoms with Crippen LogP contribution in [0, 0.1) is 23.2 Å². The van der Waals surface area contributed by atoms with Crippen molar-refractivity contribution in [3.05, 3.63) is 21.3 Å². The normalized spacial score (nSPS) is 45.4. The van der Waals surface area contributed by atoms with Gasteiger partial charge in [-0.2, -0.15) is 0 Å². The van der Waals surface area contributed by atoms with Gasteiger partial charge in [-0.05, 0) is 53.6 Å². The number of halogens is 1. The molecule has 0 amide bonds. The summed E-state index contributed by atoms with van der Waals surface area (Å²) < 4.78 is 2.05. The minimum absolute atomic E-state index is 0.193. The molecule has 0 aliphatic heterocycles. The maximum Gasteiger partial charge on any atom is 0.139 e. The van der Waals surface area contributed by atoms with Crippen LogP contribution in [0.1, 0.15) is 58.3 Å². The first-order chi connectivity index (χ1) is 11.4. The Labute approximate surface area is 157 Å². The number of Topliss-reactive ketones (excluding diaryl/α,β-unsaturated/α-hetero) is 2. The van der Waals surface area contributed by atoms with Gasteiger partial charge in [-0.25, -0.2) is 0 Å². The van der Waals surface area contributed by atoms with E-state index >= 15 is 0 Å². The summed E-state index contributed by atoms with van der Waals surface area (Å²) in [4.78, 5) is 24.5. The van der Waals surface area contributed by atoms with Crippen molar-refractivity contribution < 1.29 is 14.7 Å². The van der Waals surface area contributed by atoms with Crippen LogP contribution in [-0.2, 0) is 9.59 Å². The van der Waals surface area contributed by atoms with Gasteiger partial charge in [0.05, 0.1) is 5.60 Å². The molecule has 4 aliphatic carbocycles. The summed E-state index contributed by atoms with van der Waals surface area (Å²) in [5, 5.41) is 11.2. The van der Waals surface area contributed by atoms with E-state index < -0.39 is 5.60 Å². The SMILES string of the molecule is C[C@]12C[C@H](/C=C\I)C3=C4CCC(=O)C[C@]4(O)CC[C@H]3[C@@H]1CCC2=O. The first kappa shape index (κ1) is 17.0. The van der Waals surface area contributed by atoms with Crippen LogP contribution in [0.2, 0.25) is 0 Å². The summed E-state index contributed by atoms with van der Waals surface area (Å²) in [7, 11) is 0. The van der Waals surface area contributed by atoms with E-state index in [9.17, 15) is 14.7 Å². The molecule has 24 heavy (non-hydrogen) atoms. The van der Waals surface area contributed by atoms with Crippen LogP contribution in [0.4, 0.5) is 0 Å². The van der Waals surface area contributed by atoms with Crippen LogP contribution in [-0.4, -0.2) is 22.3 Å². The Bertz CT molecular complexity index is 664. The first-order valence-corrected chi connectivity index (χ1v) is 10.4. The number of carbonyl (C=O) groups excluding carboxylic acids is 2. The van der Waals surface area contributed by atoms with Gasteiger partial charge in [0.15, 0.2) is 0 Å². The van der Waals surface area contributed by atoms with Crippen molar-refractivity contribution in [1.82, 2.24) is 0 Å². The van der Waals surface area contributed by atoms with E-state index in [2.05, 4.69) is 39.7 Å². The van der Waals surface area contributed by atoms with Gasteiger partial charge < -0.3 is 5.11 Å². The predicted octanol–water partition coefficient (Wildman–Crippen LogP) is 4.13. The molecule has 0 aromatic heterocycles. The zero-order valence-corrected chi connectivity index (χ0v) is 16.3. The summed E-state index contributed by atoms with van der Waals surface area (Å²) in [5.41, 5.74) is 1.44. The molecule has 3 nitrogen and oxygen atoms in total. The Hall–Kier alpha value is -0.490. The number of hydrogen-bond acceptors (Lipinski definition) is 3. The molecule has 0 bridgehead atoms. The molecule has 0 aromatic rings. The molecule has 0 spiro atoms. The molecule has 0 aromatic carbocycles. The van der Waals surface area contributed by atoms with Gasteiger partial charge in [0.1, 0.15) is 11.6 Å². The Kier molecular flexibility index (Phi) is 4.07. The zero-order chi connectivity index (χ0) is 17.1. The highest BCUT2D eigenvalue weighted by Crippen LogP contribution is 2.61. The molecule has 0 unspecified atom stereocenters. The van der Waals surface area contributed by atoms with Gasteiger partial charge in [0, 0.05) is 30.6 Å². The molecule has 4 heteroatoms. The molecule has 5 atom stereocenters. The second-order valence-electron chi connectivity index (χ2n) is 8.44. The minimum Gasteiger partial charge on any atom is -0.385 e. The topological polar surface area (TPSA) is 54.4 Å². The highest BCUT2D eigenvalue weighted by molar-refractivity contribution is 14.1. The Morgan fingerprint density at radius 1 is 1.21 bits per heavy atom. The molecular formula is C20H25IO3. The van der Waals surface area contributed by atoms with Crippen LogP contribution in [0.15, 0.2) is 21.3 Å². The van der Waals surface area contributed by atoms with Crippen molar-refractivity contribution in [1.29, 1.82) is 0 Å². The van der Waals surface area contributed by atoms with Crippen LogP contribution < -0.4 is 0 Å². The van der Waals surface area contributed by atoms with Gasteiger partial charge in [0.25, 0.3) is 0 Å². The van der Waals surface area contributed by atoms with Gasteiger partial charge in [-0.15, -0.1) is 0 Å². The van der Waals surface area contributed by atoms with Gasteiger partial charge in [-0.1, -0.05) is 41.2 Å². The second kappa shape index (κ2) is 5.76. The van der Waals surface area contributed by atoms with E-state index in [0.29, 0.717) is 49.7 Å². The summed E-state index contributed by atoms with van der Waals surface area (Å²) >= 11 is 2.25. The lowest BCUT2D eigenvalue weighted by molar-refractivity contribution is -0.129. The van der Waals surface area contributed by atoms with Crippen molar-refractivity contribution in [2.75, 3.05) is 0 Å². The fourth-order valence-corrected chi connectivity index (χ4v) is 6.70. The van der Waals surface area contributed by atoms with E-state index in [4.69, 9.17) is 0 Å². The highest BCUT2D eigenvalue weighted by atomic mass is 127. The molecule has 0 heterocycles. The zero-order valence-electron chi connectivity index (χ0n) is 14.2. The molecule has 0 radical (unpaired) electrons. The average molecular weight is 440 g/mol. The minimum atomic E-state index is -0.908. The lowest BCUT2D eigenvalue weighted by atomic mass is 9.52. The van der Waals surface area contributed by atoms with Crippen molar-refractivity contribution >= 4 is 34.2 Å². The lowest BCUT2D eigenvalue weighted by Crippen LogP contribution is -2.49. The maximum absolute atomic E-state index is 12.6. The van der Waals surface area contributed by atoms with E-state index in [1.54, 1.807) is 0 Å². The summed E-state index contributed by atoms with van der Waals surface area (Å²) in [5.74, 6) is 1.70. The fraction of sp³-hybridized carbons (Fsp3) is 0.700. The number of fused-ring (bicyclic) bond motifs is 4. The monoisotopic (exact) mass is 440 g/mol. The van der Waals surface area contributed by atoms with Crippen LogP contribution >= 0.6 is 22.6 Å². The van der Waals surface area contributed by atoms with Gasteiger partial charge in [0.2, 0.25) is 0 Å². The number of ketones is 2. The van der Waals surface area contributed by atoms with Gasteiger partial charge in [-0.3, -0.25) is 9.59 Å². The second-order valence-corrected chi connectivity index (χ2v) is 9.16.